The Labute approximate surface area is 119 Å². The second-order valence-corrected chi connectivity index (χ2v) is 5.27. The molecule has 1 saturated heterocycles. The summed E-state index contributed by atoms with van der Waals surface area (Å²) in [6, 6.07) is 7.00. The summed E-state index contributed by atoms with van der Waals surface area (Å²) in [4.78, 5) is 14.3. The SMILES string of the molecule is CC(C)N1CCC(=NNC(=O)c2ccccc2O)CC1. The Morgan fingerprint density at radius 2 is 1.95 bits per heavy atom. The lowest BCUT2D eigenvalue weighted by molar-refractivity contribution is 0.0951. The van der Waals surface area contributed by atoms with E-state index in [-0.39, 0.29) is 17.2 Å². The summed E-state index contributed by atoms with van der Waals surface area (Å²) in [5.74, 6) is -0.401. The highest BCUT2D eigenvalue weighted by Gasteiger charge is 2.17. The van der Waals surface area contributed by atoms with Gasteiger partial charge in [-0.15, -0.1) is 0 Å². The number of rotatable bonds is 3. The first-order chi connectivity index (χ1) is 9.58. The summed E-state index contributed by atoms with van der Waals surface area (Å²) in [5.41, 5.74) is 3.78. The van der Waals surface area contributed by atoms with Gasteiger partial charge in [0.1, 0.15) is 5.75 Å². The van der Waals surface area contributed by atoms with Crippen molar-refractivity contribution in [2.45, 2.75) is 32.7 Å². The van der Waals surface area contributed by atoms with Crippen LogP contribution in [0.2, 0.25) is 0 Å². The number of benzene rings is 1. The quantitative estimate of drug-likeness (QED) is 0.829. The van der Waals surface area contributed by atoms with Crippen LogP contribution < -0.4 is 5.43 Å². The van der Waals surface area contributed by atoms with Crippen LogP contribution in [0.1, 0.15) is 37.0 Å². The summed E-state index contributed by atoms with van der Waals surface area (Å²) in [6.45, 7) is 6.32. The van der Waals surface area contributed by atoms with Crippen LogP contribution >= 0.6 is 0 Å². The topological polar surface area (TPSA) is 64.9 Å². The minimum absolute atomic E-state index is 0.0279. The molecule has 20 heavy (non-hydrogen) atoms. The van der Waals surface area contributed by atoms with Crippen LogP contribution in [0, 0.1) is 0 Å². The smallest absolute Gasteiger partial charge is 0.275 e. The number of hydrogen-bond acceptors (Lipinski definition) is 4. The Morgan fingerprint density at radius 1 is 1.30 bits per heavy atom. The van der Waals surface area contributed by atoms with Gasteiger partial charge < -0.3 is 10.0 Å². The molecule has 0 radical (unpaired) electrons. The summed E-state index contributed by atoms with van der Waals surface area (Å²) in [7, 11) is 0. The number of hydrazone groups is 1. The van der Waals surface area contributed by atoms with Crippen molar-refractivity contribution in [1.29, 1.82) is 0 Å². The number of nitrogens with one attached hydrogen (secondary N) is 1. The number of phenolic OH excluding ortho intramolecular Hbond substituents is 1. The highest BCUT2D eigenvalue weighted by atomic mass is 16.3. The number of amides is 1. The van der Waals surface area contributed by atoms with E-state index in [1.807, 2.05) is 0 Å². The number of nitrogens with zero attached hydrogens (tertiary/aromatic N) is 2. The van der Waals surface area contributed by atoms with Crippen molar-refractivity contribution in [1.82, 2.24) is 10.3 Å². The molecule has 1 aliphatic rings. The van der Waals surface area contributed by atoms with E-state index in [0.717, 1.165) is 31.6 Å². The molecule has 0 atom stereocenters. The lowest BCUT2D eigenvalue weighted by atomic mass is 10.1. The second-order valence-electron chi connectivity index (χ2n) is 5.27. The second kappa shape index (κ2) is 6.52. The van der Waals surface area contributed by atoms with Gasteiger partial charge in [0.05, 0.1) is 5.56 Å². The Hall–Kier alpha value is -1.88. The molecule has 2 rings (SSSR count). The normalized spacial score (nSPS) is 16.2. The molecule has 1 aliphatic heterocycles. The van der Waals surface area contributed by atoms with Crippen LogP contribution in [0.3, 0.4) is 0 Å². The first kappa shape index (κ1) is 14.5. The first-order valence-electron chi connectivity index (χ1n) is 6.95. The van der Waals surface area contributed by atoms with E-state index >= 15 is 0 Å². The molecule has 2 N–H and O–H groups in total. The summed E-state index contributed by atoms with van der Waals surface area (Å²) >= 11 is 0. The minimum Gasteiger partial charge on any atom is -0.507 e. The number of phenols is 1. The molecule has 1 aromatic carbocycles. The molecule has 5 nitrogen and oxygen atoms in total. The maximum Gasteiger partial charge on any atom is 0.275 e. The summed E-state index contributed by atoms with van der Waals surface area (Å²) in [5, 5.41) is 13.8. The van der Waals surface area contributed by atoms with E-state index in [1.54, 1.807) is 18.2 Å². The van der Waals surface area contributed by atoms with Crippen LogP contribution in [-0.2, 0) is 0 Å². The molecule has 1 heterocycles. The van der Waals surface area contributed by atoms with Crippen molar-refractivity contribution >= 4 is 11.6 Å². The van der Waals surface area contributed by atoms with Crippen molar-refractivity contribution in [2.24, 2.45) is 5.10 Å². The molecule has 0 aliphatic carbocycles. The lowest BCUT2D eigenvalue weighted by Crippen LogP contribution is -2.39. The van der Waals surface area contributed by atoms with Crippen LogP contribution in [0.4, 0.5) is 0 Å². The maximum atomic E-state index is 11.9. The van der Waals surface area contributed by atoms with Crippen LogP contribution in [-0.4, -0.2) is 40.8 Å². The van der Waals surface area contributed by atoms with Gasteiger partial charge in [-0.1, -0.05) is 12.1 Å². The van der Waals surface area contributed by atoms with Crippen LogP contribution in [0.5, 0.6) is 5.75 Å². The van der Waals surface area contributed by atoms with Crippen molar-refractivity contribution in [3.8, 4) is 5.75 Å². The van der Waals surface area contributed by atoms with E-state index in [0.29, 0.717) is 6.04 Å². The largest absolute Gasteiger partial charge is 0.507 e. The van der Waals surface area contributed by atoms with E-state index in [4.69, 9.17) is 0 Å². The molecule has 1 amide bonds. The van der Waals surface area contributed by atoms with Crippen molar-refractivity contribution in [2.75, 3.05) is 13.1 Å². The van der Waals surface area contributed by atoms with Gasteiger partial charge in [-0.3, -0.25) is 4.79 Å². The average molecular weight is 275 g/mol. The third-order valence-electron chi connectivity index (χ3n) is 3.57. The maximum absolute atomic E-state index is 11.9. The van der Waals surface area contributed by atoms with E-state index in [2.05, 4.69) is 29.3 Å². The van der Waals surface area contributed by atoms with E-state index < -0.39 is 0 Å². The average Bonchev–Trinajstić information content (AvgIpc) is 2.45. The summed E-state index contributed by atoms with van der Waals surface area (Å²) < 4.78 is 0. The van der Waals surface area contributed by atoms with Gasteiger partial charge in [0.15, 0.2) is 0 Å². The number of carbonyl (C=O) groups is 1. The lowest BCUT2D eigenvalue weighted by Gasteiger charge is -2.30. The molecule has 0 aromatic heterocycles. The van der Waals surface area contributed by atoms with Crippen LogP contribution in [0.25, 0.3) is 0 Å². The number of hydrogen-bond donors (Lipinski definition) is 2. The summed E-state index contributed by atoms with van der Waals surface area (Å²) in [6.07, 6.45) is 1.75. The third kappa shape index (κ3) is 3.57. The number of carbonyl (C=O) groups excluding carboxylic acids is 1. The van der Waals surface area contributed by atoms with Gasteiger partial charge in [-0.05, 0) is 26.0 Å². The minimum atomic E-state index is -0.373. The Morgan fingerprint density at radius 3 is 2.55 bits per heavy atom. The fraction of sp³-hybridized carbons (Fsp3) is 0.467. The van der Waals surface area contributed by atoms with Gasteiger partial charge >= 0.3 is 0 Å². The van der Waals surface area contributed by atoms with Gasteiger partial charge in [0.25, 0.3) is 5.91 Å². The highest BCUT2D eigenvalue weighted by Crippen LogP contribution is 2.15. The number of piperidine rings is 1. The number of likely N-dealkylation sites (tertiary alicyclic amines) is 1. The predicted molar refractivity (Wildman–Crippen MR) is 79.0 cm³/mol. The zero-order valence-corrected chi connectivity index (χ0v) is 12.0. The molecule has 1 aromatic rings. The predicted octanol–water partition coefficient (Wildman–Crippen LogP) is 1.98. The Balaban J connectivity index is 1.91. The van der Waals surface area contributed by atoms with Crippen molar-refractivity contribution in [3.05, 3.63) is 29.8 Å². The first-order valence-corrected chi connectivity index (χ1v) is 6.95. The molecular weight excluding hydrogens is 254 g/mol. The van der Waals surface area contributed by atoms with E-state index in [9.17, 15) is 9.90 Å². The van der Waals surface area contributed by atoms with Gasteiger partial charge in [0.2, 0.25) is 0 Å². The molecule has 5 heteroatoms. The van der Waals surface area contributed by atoms with Crippen molar-refractivity contribution < 1.29 is 9.90 Å². The zero-order valence-electron chi connectivity index (χ0n) is 12.0. The fourth-order valence-electron chi connectivity index (χ4n) is 2.27. The van der Waals surface area contributed by atoms with Crippen molar-refractivity contribution in [3.63, 3.8) is 0 Å². The molecular formula is C15H21N3O2. The fourth-order valence-corrected chi connectivity index (χ4v) is 2.27. The molecule has 108 valence electrons. The van der Waals surface area contributed by atoms with Gasteiger partial charge in [-0.25, -0.2) is 5.43 Å². The Bertz CT molecular complexity index is 502. The third-order valence-corrected chi connectivity index (χ3v) is 3.57. The van der Waals surface area contributed by atoms with Gasteiger partial charge in [0, 0.05) is 37.7 Å². The van der Waals surface area contributed by atoms with Crippen LogP contribution in [0.15, 0.2) is 29.4 Å². The standard InChI is InChI=1S/C15H21N3O2/c1-11(2)18-9-7-12(8-10-18)16-17-15(20)13-5-3-4-6-14(13)19/h3-6,11,19H,7-10H2,1-2H3,(H,17,20). The highest BCUT2D eigenvalue weighted by molar-refractivity contribution is 5.97. The molecule has 1 fully saturated rings. The molecule has 0 unspecified atom stereocenters. The Kier molecular flexibility index (Phi) is 4.74. The number of para-hydroxylation sites is 1. The van der Waals surface area contributed by atoms with Gasteiger partial charge in [-0.2, -0.15) is 5.10 Å². The molecule has 0 spiro atoms. The number of aromatic hydroxyl groups is 1. The zero-order chi connectivity index (χ0) is 14.5. The monoisotopic (exact) mass is 275 g/mol. The van der Waals surface area contributed by atoms with E-state index in [1.165, 1.54) is 6.07 Å². The molecule has 0 saturated carbocycles. The molecule has 0 bridgehead atoms.